The van der Waals surface area contributed by atoms with Crippen molar-refractivity contribution in [3.05, 3.63) is 59.3 Å². The zero-order valence-corrected chi connectivity index (χ0v) is 15.3. The number of aliphatic carboxylic acids is 1. The van der Waals surface area contributed by atoms with Gasteiger partial charge >= 0.3 is 5.97 Å². The zero-order valence-electron chi connectivity index (χ0n) is 13.7. The number of hydrogen-bond donors (Lipinski definition) is 2. The molecule has 0 radical (unpaired) electrons. The van der Waals surface area contributed by atoms with Crippen molar-refractivity contribution in [3.63, 3.8) is 0 Å². The molecule has 2 aliphatic rings. The lowest BCUT2D eigenvalue weighted by Gasteiger charge is -2.49. The number of carbonyl (C=O) groups is 3. The molecule has 136 valence electrons. The van der Waals surface area contributed by atoms with Crippen molar-refractivity contribution in [2.45, 2.75) is 17.8 Å². The van der Waals surface area contributed by atoms with E-state index >= 15 is 0 Å². The molecule has 2 heterocycles. The second kappa shape index (κ2) is 7.97. The highest BCUT2D eigenvalue weighted by atomic mass is 35.5. The molecule has 6 nitrogen and oxygen atoms in total. The highest BCUT2D eigenvalue weighted by Gasteiger charge is 2.53. The minimum absolute atomic E-state index is 0.0336. The molecule has 2 N–H and O–H groups in total. The van der Waals surface area contributed by atoms with Crippen LogP contribution in [0.25, 0.3) is 0 Å². The van der Waals surface area contributed by atoms with Crippen LogP contribution in [-0.4, -0.2) is 50.8 Å². The van der Waals surface area contributed by atoms with Crippen LogP contribution < -0.4 is 5.32 Å². The van der Waals surface area contributed by atoms with E-state index in [-0.39, 0.29) is 23.9 Å². The summed E-state index contributed by atoms with van der Waals surface area (Å²) in [6, 6.07) is 8.52. The quantitative estimate of drug-likeness (QED) is 0.569. The third kappa shape index (κ3) is 3.64. The number of hydrogen-bond acceptors (Lipinski definition) is 4. The number of benzene rings is 1. The maximum absolute atomic E-state index is 12.5. The first-order chi connectivity index (χ1) is 12.5. The molecule has 1 saturated heterocycles. The summed E-state index contributed by atoms with van der Waals surface area (Å²) < 4.78 is 0. The first-order valence-corrected chi connectivity index (χ1v) is 9.58. The van der Waals surface area contributed by atoms with E-state index in [9.17, 15) is 19.5 Å². The highest BCUT2D eigenvalue weighted by Crippen LogP contribution is 2.40. The van der Waals surface area contributed by atoms with Crippen LogP contribution in [0.4, 0.5) is 0 Å². The van der Waals surface area contributed by atoms with E-state index in [2.05, 4.69) is 5.32 Å². The Balaban J connectivity index is 1.71. The van der Waals surface area contributed by atoms with Gasteiger partial charge in [-0.3, -0.25) is 14.5 Å². The molecule has 0 aliphatic carbocycles. The van der Waals surface area contributed by atoms with Crippen molar-refractivity contribution in [1.82, 2.24) is 10.2 Å². The molecule has 1 aromatic carbocycles. The van der Waals surface area contributed by atoms with Crippen LogP contribution in [0.15, 0.2) is 53.8 Å². The van der Waals surface area contributed by atoms with Gasteiger partial charge in [0.25, 0.3) is 5.91 Å². The highest BCUT2D eigenvalue weighted by molar-refractivity contribution is 8.00. The summed E-state index contributed by atoms with van der Waals surface area (Å²) in [7, 11) is 0. The molecular formula is C18H17ClN2O4S. The summed E-state index contributed by atoms with van der Waals surface area (Å²) in [5.74, 6) is -1.13. The molecular weight excluding hydrogens is 376 g/mol. The molecule has 0 unspecified atom stereocenters. The summed E-state index contributed by atoms with van der Waals surface area (Å²) in [6.45, 7) is 0. The minimum Gasteiger partial charge on any atom is -0.477 e. The van der Waals surface area contributed by atoms with Crippen molar-refractivity contribution < 1.29 is 19.5 Å². The van der Waals surface area contributed by atoms with Gasteiger partial charge in [0.05, 0.1) is 6.42 Å². The van der Waals surface area contributed by atoms with Gasteiger partial charge in [-0.2, -0.15) is 0 Å². The summed E-state index contributed by atoms with van der Waals surface area (Å²) in [6.07, 6.45) is 3.45. The monoisotopic (exact) mass is 392 g/mol. The molecule has 8 heteroatoms. The van der Waals surface area contributed by atoms with Crippen molar-refractivity contribution >= 4 is 41.1 Å². The number of rotatable bonds is 6. The van der Waals surface area contributed by atoms with Gasteiger partial charge in [-0.25, -0.2) is 4.79 Å². The number of thioether (sulfide) groups is 1. The largest absolute Gasteiger partial charge is 0.477 e. The Hall–Kier alpha value is -2.25. The maximum Gasteiger partial charge on any atom is 0.352 e. The lowest BCUT2D eigenvalue weighted by molar-refractivity contribution is -0.150. The minimum atomic E-state index is -1.16. The molecule has 0 aromatic heterocycles. The predicted octanol–water partition coefficient (Wildman–Crippen LogP) is 1.76. The van der Waals surface area contributed by atoms with E-state index in [4.69, 9.17) is 11.6 Å². The van der Waals surface area contributed by atoms with E-state index in [1.165, 1.54) is 16.7 Å². The van der Waals surface area contributed by atoms with Gasteiger partial charge in [-0.1, -0.05) is 42.5 Å². The van der Waals surface area contributed by atoms with Crippen LogP contribution >= 0.6 is 23.4 Å². The van der Waals surface area contributed by atoms with Crippen LogP contribution in [-0.2, 0) is 20.8 Å². The van der Waals surface area contributed by atoms with Gasteiger partial charge in [0.1, 0.15) is 17.1 Å². The van der Waals surface area contributed by atoms with Crippen LogP contribution in [0, 0.1) is 0 Å². The normalized spacial score (nSPS) is 22.2. The Morgan fingerprint density at radius 2 is 2.08 bits per heavy atom. The summed E-state index contributed by atoms with van der Waals surface area (Å²) in [5, 5.41) is 11.8. The Morgan fingerprint density at radius 3 is 2.73 bits per heavy atom. The molecule has 3 rings (SSSR count). The van der Waals surface area contributed by atoms with Gasteiger partial charge < -0.3 is 10.4 Å². The van der Waals surface area contributed by atoms with Crippen molar-refractivity contribution in [2.24, 2.45) is 0 Å². The van der Waals surface area contributed by atoms with Crippen LogP contribution in [0.1, 0.15) is 5.56 Å². The van der Waals surface area contributed by atoms with Crippen LogP contribution in [0.5, 0.6) is 0 Å². The Labute approximate surface area is 159 Å². The van der Waals surface area contributed by atoms with E-state index in [1.54, 1.807) is 12.2 Å². The topological polar surface area (TPSA) is 86.7 Å². The van der Waals surface area contributed by atoms with Gasteiger partial charge in [-0.05, 0) is 11.1 Å². The first-order valence-electron chi connectivity index (χ1n) is 8.00. The number of nitrogens with zero attached hydrogens (tertiary/aromatic N) is 1. The SMILES string of the molecule is O=C(Cc1ccccc1)N[C@@H]1C(=O)N2C(C(=O)O)=C(C=CCCl)CS[C@@H]12. The molecule has 1 fully saturated rings. The Kier molecular flexibility index (Phi) is 5.68. The summed E-state index contributed by atoms with van der Waals surface area (Å²) >= 11 is 7.04. The molecule has 1 aromatic rings. The van der Waals surface area contributed by atoms with Gasteiger partial charge in [0.2, 0.25) is 5.91 Å². The van der Waals surface area contributed by atoms with E-state index in [1.807, 2.05) is 30.3 Å². The molecule has 2 atom stereocenters. The average molecular weight is 393 g/mol. The second-order valence-electron chi connectivity index (χ2n) is 5.85. The third-order valence-electron chi connectivity index (χ3n) is 4.13. The van der Waals surface area contributed by atoms with E-state index in [0.29, 0.717) is 11.3 Å². The van der Waals surface area contributed by atoms with Crippen molar-refractivity contribution in [2.75, 3.05) is 11.6 Å². The Morgan fingerprint density at radius 1 is 1.35 bits per heavy atom. The number of carboxylic acids is 1. The predicted molar refractivity (Wildman–Crippen MR) is 99.7 cm³/mol. The molecule has 0 bridgehead atoms. The molecule has 26 heavy (non-hydrogen) atoms. The number of carbonyl (C=O) groups excluding carboxylic acids is 2. The molecule has 0 saturated carbocycles. The Bertz CT molecular complexity index is 794. The number of alkyl halides is 1. The number of carboxylic acid groups (broad SMARTS) is 1. The summed E-state index contributed by atoms with van der Waals surface area (Å²) in [5.41, 5.74) is 1.36. The van der Waals surface area contributed by atoms with Crippen molar-refractivity contribution in [3.8, 4) is 0 Å². The number of allylic oxidation sites excluding steroid dienone is 2. The average Bonchev–Trinajstić information content (AvgIpc) is 2.64. The number of fused-ring (bicyclic) bond motifs is 1. The standard InChI is InChI=1S/C18H17ClN2O4S/c19-8-4-7-12-10-26-17-14(16(23)21(17)15(12)18(24)25)20-13(22)9-11-5-2-1-3-6-11/h1-7,14,17H,8-10H2,(H,20,22)(H,24,25)/t14-,17+/m1/s1. The molecule has 2 amide bonds. The number of halogens is 1. The number of nitrogens with one attached hydrogen (secondary N) is 1. The van der Waals surface area contributed by atoms with Crippen molar-refractivity contribution in [1.29, 1.82) is 0 Å². The van der Waals surface area contributed by atoms with Gasteiger partial charge in [-0.15, -0.1) is 23.4 Å². The molecule has 0 spiro atoms. The second-order valence-corrected chi connectivity index (χ2v) is 7.27. The van der Waals surface area contributed by atoms with Gasteiger partial charge in [0.15, 0.2) is 0 Å². The fourth-order valence-corrected chi connectivity index (χ4v) is 4.37. The van der Waals surface area contributed by atoms with Gasteiger partial charge in [0, 0.05) is 11.6 Å². The first kappa shape index (κ1) is 18.5. The lowest BCUT2D eigenvalue weighted by atomic mass is 10.0. The van der Waals surface area contributed by atoms with E-state index < -0.39 is 23.3 Å². The number of amides is 2. The third-order valence-corrected chi connectivity index (χ3v) is 5.61. The fourth-order valence-electron chi connectivity index (χ4n) is 2.96. The maximum atomic E-state index is 12.5. The van der Waals surface area contributed by atoms with Crippen LogP contribution in [0.2, 0.25) is 0 Å². The smallest absolute Gasteiger partial charge is 0.352 e. The zero-order chi connectivity index (χ0) is 18.7. The van der Waals surface area contributed by atoms with Crippen LogP contribution in [0.3, 0.4) is 0 Å². The molecule has 2 aliphatic heterocycles. The lowest BCUT2D eigenvalue weighted by Crippen LogP contribution is -2.70. The van der Waals surface area contributed by atoms with E-state index in [0.717, 1.165) is 5.56 Å². The summed E-state index contributed by atoms with van der Waals surface area (Å²) in [4.78, 5) is 37.5. The fraction of sp³-hybridized carbons (Fsp3) is 0.278. The number of β-lactam (4-membered cyclic amide) rings is 1.